The van der Waals surface area contributed by atoms with Crippen molar-refractivity contribution in [2.24, 2.45) is 5.92 Å². The summed E-state index contributed by atoms with van der Waals surface area (Å²) in [6, 6.07) is 7.56. The van der Waals surface area contributed by atoms with E-state index in [0.717, 1.165) is 30.3 Å². The number of aliphatic hydroxyl groups is 1. The summed E-state index contributed by atoms with van der Waals surface area (Å²) in [6.45, 7) is 7.00. The molecule has 25 heavy (non-hydrogen) atoms. The number of aryl methyl sites for hydroxylation is 1. The lowest BCUT2D eigenvalue weighted by Crippen LogP contribution is -2.41. The van der Waals surface area contributed by atoms with Crippen molar-refractivity contribution in [1.82, 2.24) is 9.88 Å². The van der Waals surface area contributed by atoms with E-state index in [1.54, 1.807) is 6.07 Å². The van der Waals surface area contributed by atoms with Crippen LogP contribution >= 0.6 is 0 Å². The number of anilines is 1. The van der Waals surface area contributed by atoms with Crippen molar-refractivity contribution in [3.8, 4) is 0 Å². The third-order valence-corrected chi connectivity index (χ3v) is 4.47. The molecule has 0 bridgehead atoms. The minimum atomic E-state index is -0.744. The minimum absolute atomic E-state index is 0.0675. The fraction of sp³-hybridized carbons (Fsp3) is 0.474. The zero-order valence-corrected chi connectivity index (χ0v) is 15.1. The summed E-state index contributed by atoms with van der Waals surface area (Å²) < 4.78 is 2.16. The van der Waals surface area contributed by atoms with Gasteiger partial charge in [-0.2, -0.15) is 0 Å². The van der Waals surface area contributed by atoms with Gasteiger partial charge in [0.2, 0.25) is 0 Å². The van der Waals surface area contributed by atoms with Crippen molar-refractivity contribution in [2.75, 3.05) is 11.9 Å². The number of amides is 2. The number of carbonyl (C=O) groups is 2. The normalized spacial score (nSPS) is 13.4. The molecule has 0 aliphatic rings. The topological polar surface area (TPSA) is 83.4 Å². The van der Waals surface area contributed by atoms with E-state index in [-0.39, 0.29) is 12.5 Å². The van der Waals surface area contributed by atoms with Crippen LogP contribution in [0.15, 0.2) is 30.5 Å². The number of fused-ring (bicyclic) bond motifs is 1. The molecule has 0 aliphatic carbocycles. The number of carbonyl (C=O) groups excluding carboxylic acids is 2. The number of aromatic nitrogens is 1. The maximum atomic E-state index is 12.0. The first-order chi connectivity index (χ1) is 12.0. The first-order valence-electron chi connectivity index (χ1n) is 8.82. The molecule has 0 saturated carbocycles. The molecule has 136 valence electrons. The van der Waals surface area contributed by atoms with Gasteiger partial charge in [-0.1, -0.05) is 27.2 Å². The molecule has 1 aromatic heterocycles. The summed E-state index contributed by atoms with van der Waals surface area (Å²) in [5.74, 6) is -1.41. The summed E-state index contributed by atoms with van der Waals surface area (Å²) in [5.41, 5.74) is 1.67. The fourth-order valence-corrected chi connectivity index (χ4v) is 2.65. The van der Waals surface area contributed by atoms with E-state index >= 15 is 0 Å². The zero-order valence-electron chi connectivity index (χ0n) is 15.1. The van der Waals surface area contributed by atoms with E-state index in [9.17, 15) is 14.7 Å². The molecule has 0 aliphatic heterocycles. The van der Waals surface area contributed by atoms with E-state index in [4.69, 9.17) is 0 Å². The standard InChI is InChI=1S/C19H27N3O3/c1-4-9-22-10-8-14-11-15(6-7-16(14)22)21-19(25)18(24)20-12-17(23)13(3)5-2/h6-8,10-11,13,17,23H,4-5,9,12H2,1-3H3,(H,20,24)(H,21,25)/t13-,17+/m0/s1. The van der Waals surface area contributed by atoms with Gasteiger partial charge >= 0.3 is 11.8 Å². The molecule has 0 saturated heterocycles. The average molecular weight is 345 g/mol. The molecule has 1 heterocycles. The molecule has 2 aromatic rings. The minimum Gasteiger partial charge on any atom is -0.391 e. The highest BCUT2D eigenvalue weighted by molar-refractivity contribution is 6.39. The second-order valence-corrected chi connectivity index (χ2v) is 6.40. The molecule has 3 N–H and O–H groups in total. The average Bonchev–Trinajstić information content (AvgIpc) is 3.01. The van der Waals surface area contributed by atoms with Crippen molar-refractivity contribution < 1.29 is 14.7 Å². The van der Waals surface area contributed by atoms with Crippen LogP contribution in [0.1, 0.15) is 33.6 Å². The first-order valence-corrected chi connectivity index (χ1v) is 8.82. The second-order valence-electron chi connectivity index (χ2n) is 6.40. The van der Waals surface area contributed by atoms with Gasteiger partial charge in [-0.3, -0.25) is 9.59 Å². The SMILES string of the molecule is CCCn1ccc2cc(NC(=O)C(=O)NC[C@@H](O)[C@@H](C)CC)ccc21. The Morgan fingerprint density at radius 2 is 1.96 bits per heavy atom. The Kier molecular flexibility index (Phi) is 6.58. The van der Waals surface area contributed by atoms with E-state index < -0.39 is 17.9 Å². The van der Waals surface area contributed by atoms with Gasteiger partial charge in [0.25, 0.3) is 0 Å². The quantitative estimate of drug-likeness (QED) is 0.674. The molecule has 6 nitrogen and oxygen atoms in total. The van der Waals surface area contributed by atoms with Gasteiger partial charge in [0.15, 0.2) is 0 Å². The molecular formula is C19H27N3O3. The number of hydrogen-bond donors (Lipinski definition) is 3. The predicted molar refractivity (Wildman–Crippen MR) is 99.3 cm³/mol. The van der Waals surface area contributed by atoms with Crippen LogP contribution in [0.5, 0.6) is 0 Å². The molecule has 0 fully saturated rings. The largest absolute Gasteiger partial charge is 0.391 e. The number of aliphatic hydroxyl groups excluding tert-OH is 1. The highest BCUT2D eigenvalue weighted by Gasteiger charge is 2.18. The second kappa shape index (κ2) is 8.67. The van der Waals surface area contributed by atoms with E-state index in [1.807, 2.05) is 38.2 Å². The summed E-state index contributed by atoms with van der Waals surface area (Å²) >= 11 is 0. The van der Waals surface area contributed by atoms with Crippen LogP contribution < -0.4 is 10.6 Å². The Hall–Kier alpha value is -2.34. The Balaban J connectivity index is 1.95. The Labute approximate surface area is 148 Å². The third kappa shape index (κ3) is 4.82. The Morgan fingerprint density at radius 1 is 1.20 bits per heavy atom. The van der Waals surface area contributed by atoms with Gasteiger partial charge in [-0.15, -0.1) is 0 Å². The molecule has 0 spiro atoms. The highest BCUT2D eigenvalue weighted by atomic mass is 16.3. The number of nitrogens with zero attached hydrogens (tertiary/aromatic N) is 1. The number of benzene rings is 1. The maximum Gasteiger partial charge on any atom is 0.313 e. The van der Waals surface area contributed by atoms with Crippen molar-refractivity contribution >= 4 is 28.4 Å². The molecule has 0 radical (unpaired) electrons. The summed E-state index contributed by atoms with van der Waals surface area (Å²) in [4.78, 5) is 23.9. The Morgan fingerprint density at radius 3 is 2.64 bits per heavy atom. The Bertz CT molecular complexity index is 739. The van der Waals surface area contributed by atoms with Crippen LogP contribution in [0.3, 0.4) is 0 Å². The van der Waals surface area contributed by atoms with E-state index in [0.29, 0.717) is 5.69 Å². The van der Waals surface area contributed by atoms with Crippen LogP contribution in [-0.2, 0) is 16.1 Å². The molecule has 2 rings (SSSR count). The van der Waals surface area contributed by atoms with Gasteiger partial charge in [-0.25, -0.2) is 0 Å². The van der Waals surface area contributed by atoms with Crippen molar-refractivity contribution in [2.45, 2.75) is 46.3 Å². The lowest BCUT2D eigenvalue weighted by molar-refractivity contribution is -0.136. The van der Waals surface area contributed by atoms with Crippen molar-refractivity contribution in [3.63, 3.8) is 0 Å². The maximum absolute atomic E-state index is 12.0. The lowest BCUT2D eigenvalue weighted by atomic mass is 10.0. The number of nitrogens with one attached hydrogen (secondary N) is 2. The predicted octanol–water partition coefficient (Wildman–Crippen LogP) is 2.51. The monoisotopic (exact) mass is 345 g/mol. The van der Waals surface area contributed by atoms with Crippen molar-refractivity contribution in [3.05, 3.63) is 30.5 Å². The van der Waals surface area contributed by atoms with Gasteiger partial charge in [0.05, 0.1) is 6.10 Å². The van der Waals surface area contributed by atoms with Gasteiger partial charge in [-0.05, 0) is 36.6 Å². The van der Waals surface area contributed by atoms with E-state index in [1.165, 1.54) is 0 Å². The van der Waals surface area contributed by atoms with Gasteiger partial charge in [0, 0.05) is 35.9 Å². The number of hydrogen-bond acceptors (Lipinski definition) is 3. The van der Waals surface area contributed by atoms with Crippen LogP contribution in [-0.4, -0.2) is 34.1 Å². The third-order valence-electron chi connectivity index (χ3n) is 4.47. The van der Waals surface area contributed by atoms with Crippen LogP contribution in [0.25, 0.3) is 10.9 Å². The molecule has 1 aromatic carbocycles. The van der Waals surface area contributed by atoms with Crippen molar-refractivity contribution in [1.29, 1.82) is 0 Å². The fourth-order valence-electron chi connectivity index (χ4n) is 2.65. The van der Waals surface area contributed by atoms with Crippen LogP contribution in [0.2, 0.25) is 0 Å². The first kappa shape index (κ1) is 19.0. The zero-order chi connectivity index (χ0) is 18.4. The van der Waals surface area contributed by atoms with E-state index in [2.05, 4.69) is 22.1 Å². The summed E-state index contributed by atoms with van der Waals surface area (Å²) in [5, 5.41) is 15.9. The van der Waals surface area contributed by atoms with Crippen LogP contribution in [0.4, 0.5) is 5.69 Å². The summed E-state index contributed by atoms with van der Waals surface area (Å²) in [7, 11) is 0. The number of rotatable bonds is 7. The summed E-state index contributed by atoms with van der Waals surface area (Å²) in [6.07, 6.45) is 3.21. The smallest absolute Gasteiger partial charge is 0.313 e. The lowest BCUT2D eigenvalue weighted by Gasteiger charge is -2.17. The van der Waals surface area contributed by atoms with Gasteiger partial charge < -0.3 is 20.3 Å². The van der Waals surface area contributed by atoms with Crippen LogP contribution in [0, 0.1) is 5.92 Å². The molecule has 6 heteroatoms. The molecular weight excluding hydrogens is 318 g/mol. The molecule has 2 atom stereocenters. The van der Waals surface area contributed by atoms with Gasteiger partial charge in [0.1, 0.15) is 0 Å². The highest BCUT2D eigenvalue weighted by Crippen LogP contribution is 2.20. The molecule has 2 amide bonds. The molecule has 0 unspecified atom stereocenters.